The minimum absolute atomic E-state index is 0.442. The first-order chi connectivity index (χ1) is 12.8. The summed E-state index contributed by atoms with van der Waals surface area (Å²) in [6.45, 7) is 3.37. The summed E-state index contributed by atoms with van der Waals surface area (Å²) in [5.74, 6) is 1.01. The monoisotopic (exact) mass is 367 g/mol. The normalized spacial score (nSPS) is 14.9. The van der Waals surface area contributed by atoms with Crippen molar-refractivity contribution in [2.24, 2.45) is 0 Å². The smallest absolute Gasteiger partial charge is 0.250 e. The van der Waals surface area contributed by atoms with Crippen molar-refractivity contribution in [2.75, 3.05) is 31.2 Å². The van der Waals surface area contributed by atoms with Gasteiger partial charge in [0.1, 0.15) is 0 Å². The molecule has 1 saturated heterocycles. The van der Waals surface area contributed by atoms with E-state index in [1.54, 1.807) is 6.08 Å². The molecule has 132 valence electrons. The van der Waals surface area contributed by atoms with Gasteiger partial charge in [0.05, 0.1) is 13.2 Å². The predicted molar refractivity (Wildman–Crippen MR) is 103 cm³/mol. The third-order valence-corrected chi connectivity index (χ3v) is 4.60. The molecule has 1 aromatic heterocycles. The summed E-state index contributed by atoms with van der Waals surface area (Å²) in [4.78, 5) is 6.73. The van der Waals surface area contributed by atoms with Gasteiger partial charge in [0.2, 0.25) is 5.82 Å². The molecule has 0 amide bonds. The highest BCUT2D eigenvalue weighted by Gasteiger charge is 2.12. The summed E-state index contributed by atoms with van der Waals surface area (Å²) in [6, 6.07) is 15.8. The lowest BCUT2D eigenvalue weighted by atomic mass is 10.2. The third-order valence-electron chi connectivity index (χ3n) is 4.25. The van der Waals surface area contributed by atoms with Gasteiger partial charge in [-0.2, -0.15) is 4.98 Å². The quantitative estimate of drug-likeness (QED) is 0.684. The lowest BCUT2D eigenvalue weighted by Gasteiger charge is -2.28. The highest BCUT2D eigenvalue weighted by atomic mass is 35.5. The Morgan fingerprint density at radius 2 is 1.73 bits per heavy atom. The molecule has 1 aliphatic rings. The first-order valence-electron chi connectivity index (χ1n) is 8.49. The number of aromatic nitrogens is 2. The van der Waals surface area contributed by atoms with Gasteiger partial charge in [-0.15, -0.1) is 0 Å². The Labute approximate surface area is 156 Å². The van der Waals surface area contributed by atoms with Gasteiger partial charge in [0.15, 0.2) is 0 Å². The van der Waals surface area contributed by atoms with Crippen molar-refractivity contribution in [2.45, 2.75) is 0 Å². The van der Waals surface area contributed by atoms with Crippen LogP contribution in [0.3, 0.4) is 0 Å². The Balaban J connectivity index is 1.48. The second-order valence-electron chi connectivity index (χ2n) is 5.96. The van der Waals surface area contributed by atoms with Crippen molar-refractivity contribution in [1.29, 1.82) is 0 Å². The van der Waals surface area contributed by atoms with E-state index in [0.717, 1.165) is 37.4 Å². The van der Waals surface area contributed by atoms with E-state index >= 15 is 0 Å². The molecule has 2 aromatic carbocycles. The van der Waals surface area contributed by atoms with E-state index in [4.69, 9.17) is 20.9 Å². The first-order valence-corrected chi connectivity index (χ1v) is 8.87. The molecule has 4 rings (SSSR count). The highest BCUT2D eigenvalue weighted by molar-refractivity contribution is 6.32. The molecule has 0 bridgehead atoms. The molecule has 0 saturated carbocycles. The van der Waals surface area contributed by atoms with E-state index in [1.165, 1.54) is 5.69 Å². The Hall–Kier alpha value is -2.63. The van der Waals surface area contributed by atoms with Crippen LogP contribution in [0, 0.1) is 0 Å². The number of rotatable bonds is 4. The Morgan fingerprint density at radius 1 is 0.962 bits per heavy atom. The number of halogens is 1. The zero-order valence-electron chi connectivity index (χ0n) is 14.1. The second-order valence-corrected chi connectivity index (χ2v) is 6.36. The molecule has 1 aliphatic heterocycles. The third kappa shape index (κ3) is 3.79. The van der Waals surface area contributed by atoms with Gasteiger partial charge in [0, 0.05) is 35.4 Å². The van der Waals surface area contributed by atoms with E-state index in [2.05, 4.69) is 27.2 Å². The number of hydrogen-bond donors (Lipinski definition) is 0. The molecule has 0 aliphatic carbocycles. The highest BCUT2D eigenvalue weighted by Crippen LogP contribution is 2.23. The van der Waals surface area contributed by atoms with Gasteiger partial charge in [-0.25, -0.2) is 0 Å². The molecule has 0 N–H and O–H groups in total. The van der Waals surface area contributed by atoms with Crippen LogP contribution in [-0.4, -0.2) is 36.4 Å². The number of nitrogens with zero attached hydrogens (tertiary/aromatic N) is 3. The average molecular weight is 368 g/mol. The van der Waals surface area contributed by atoms with Crippen molar-refractivity contribution in [3.8, 4) is 11.4 Å². The Morgan fingerprint density at radius 3 is 2.50 bits per heavy atom. The van der Waals surface area contributed by atoms with Crippen molar-refractivity contribution in [1.82, 2.24) is 10.1 Å². The molecule has 0 radical (unpaired) electrons. The summed E-state index contributed by atoms with van der Waals surface area (Å²) >= 11 is 6.14. The van der Waals surface area contributed by atoms with E-state index in [-0.39, 0.29) is 0 Å². The predicted octanol–water partition coefficient (Wildman–Crippen LogP) is 4.40. The van der Waals surface area contributed by atoms with Crippen LogP contribution in [0.5, 0.6) is 0 Å². The van der Waals surface area contributed by atoms with Gasteiger partial charge >= 0.3 is 0 Å². The molecular weight excluding hydrogens is 350 g/mol. The maximum Gasteiger partial charge on any atom is 0.250 e. The zero-order valence-corrected chi connectivity index (χ0v) is 14.9. The summed E-state index contributed by atoms with van der Waals surface area (Å²) in [5.41, 5.74) is 3.01. The minimum atomic E-state index is 0.442. The molecule has 1 fully saturated rings. The van der Waals surface area contributed by atoms with Crippen molar-refractivity contribution in [3.63, 3.8) is 0 Å². The van der Waals surface area contributed by atoms with Gasteiger partial charge in [-0.3, -0.25) is 0 Å². The van der Waals surface area contributed by atoms with Crippen LogP contribution in [-0.2, 0) is 4.74 Å². The molecule has 0 atom stereocenters. The average Bonchev–Trinajstić information content (AvgIpc) is 3.17. The minimum Gasteiger partial charge on any atom is -0.378 e. The number of anilines is 1. The Kier molecular flexibility index (Phi) is 5.00. The van der Waals surface area contributed by atoms with Crippen LogP contribution >= 0.6 is 11.6 Å². The standard InChI is InChI=1S/C20H18ClN3O2/c21-18-4-2-1-3-15(18)7-10-19-22-20(23-26-19)16-5-8-17(9-6-16)24-11-13-25-14-12-24/h1-10H,11-14H2/b10-7+. The fraction of sp³-hybridized carbons (Fsp3) is 0.200. The summed E-state index contributed by atoms with van der Waals surface area (Å²) in [5, 5.41) is 4.74. The Bertz CT molecular complexity index is 899. The maximum absolute atomic E-state index is 6.14. The fourth-order valence-electron chi connectivity index (χ4n) is 2.83. The van der Waals surface area contributed by atoms with Gasteiger partial charge in [-0.05, 0) is 42.0 Å². The first kappa shape index (κ1) is 16.8. The van der Waals surface area contributed by atoms with Crippen molar-refractivity contribution >= 4 is 29.4 Å². The fourth-order valence-corrected chi connectivity index (χ4v) is 3.03. The molecule has 5 nitrogen and oxygen atoms in total. The van der Waals surface area contributed by atoms with E-state index < -0.39 is 0 Å². The number of benzene rings is 2. The number of ether oxygens (including phenoxy) is 1. The van der Waals surface area contributed by atoms with Crippen LogP contribution in [0.4, 0.5) is 5.69 Å². The largest absolute Gasteiger partial charge is 0.378 e. The molecule has 2 heterocycles. The van der Waals surface area contributed by atoms with Crippen LogP contribution in [0.1, 0.15) is 11.5 Å². The topological polar surface area (TPSA) is 51.4 Å². The molecule has 0 unspecified atom stereocenters. The molecule has 6 heteroatoms. The van der Waals surface area contributed by atoms with E-state index in [1.807, 2.05) is 42.5 Å². The van der Waals surface area contributed by atoms with Crippen LogP contribution in [0.25, 0.3) is 23.5 Å². The second kappa shape index (κ2) is 7.72. The van der Waals surface area contributed by atoms with E-state index in [0.29, 0.717) is 16.7 Å². The molecule has 0 spiro atoms. The van der Waals surface area contributed by atoms with E-state index in [9.17, 15) is 0 Å². The van der Waals surface area contributed by atoms with Crippen molar-refractivity contribution < 1.29 is 9.26 Å². The number of morpholine rings is 1. The summed E-state index contributed by atoms with van der Waals surface area (Å²) in [7, 11) is 0. The van der Waals surface area contributed by atoms with Crippen LogP contribution < -0.4 is 4.90 Å². The van der Waals surface area contributed by atoms with Crippen LogP contribution in [0.15, 0.2) is 53.1 Å². The number of hydrogen-bond acceptors (Lipinski definition) is 5. The lowest BCUT2D eigenvalue weighted by molar-refractivity contribution is 0.122. The molecule has 3 aromatic rings. The maximum atomic E-state index is 6.14. The zero-order chi connectivity index (χ0) is 17.8. The lowest BCUT2D eigenvalue weighted by Crippen LogP contribution is -2.36. The molecular formula is C20H18ClN3O2. The summed E-state index contributed by atoms with van der Waals surface area (Å²) < 4.78 is 10.7. The molecule has 26 heavy (non-hydrogen) atoms. The van der Waals surface area contributed by atoms with Crippen LogP contribution in [0.2, 0.25) is 5.02 Å². The van der Waals surface area contributed by atoms with Crippen molar-refractivity contribution in [3.05, 3.63) is 65.0 Å². The van der Waals surface area contributed by atoms with Gasteiger partial charge in [0.25, 0.3) is 5.89 Å². The SMILES string of the molecule is Clc1ccccc1/C=C/c1nc(-c2ccc(N3CCOCC3)cc2)no1. The van der Waals surface area contributed by atoms with Gasteiger partial charge in [-0.1, -0.05) is 35.0 Å². The summed E-state index contributed by atoms with van der Waals surface area (Å²) in [6.07, 6.45) is 3.63. The van der Waals surface area contributed by atoms with Gasteiger partial charge < -0.3 is 14.2 Å².